The van der Waals surface area contributed by atoms with E-state index in [0.29, 0.717) is 10.8 Å². The van der Waals surface area contributed by atoms with E-state index in [-0.39, 0.29) is 1.43 Å². The van der Waals surface area contributed by atoms with Crippen molar-refractivity contribution in [2.75, 3.05) is 0 Å². The van der Waals surface area contributed by atoms with Crippen molar-refractivity contribution in [1.82, 2.24) is 4.98 Å². The Labute approximate surface area is 82.9 Å². The topological polar surface area (TPSA) is 41.0 Å². The Balaban J connectivity index is 0. The van der Waals surface area contributed by atoms with Crippen LogP contribution in [0.2, 0.25) is 5.15 Å². The lowest BCUT2D eigenvalue weighted by Crippen LogP contribution is -2.02. The maximum Gasteiger partial charge on any atom is 1.00 e. The average Bonchev–Trinajstić information content (AvgIpc) is 2.03. The second-order valence-electron chi connectivity index (χ2n) is 1.93. The van der Waals surface area contributed by atoms with Crippen molar-refractivity contribution in [3.05, 3.63) is 28.5 Å². The number of diazo groups is 1. The van der Waals surface area contributed by atoms with E-state index in [9.17, 15) is 17.3 Å². The minimum Gasteiger partial charge on any atom is -0.418 e. The molecule has 0 spiro atoms. The first-order valence-corrected chi connectivity index (χ1v) is 3.54. The molecule has 0 N–H and O–H groups in total. The summed E-state index contributed by atoms with van der Waals surface area (Å²) in [6.45, 7) is 0. The maximum absolute atomic E-state index is 9.75. The summed E-state index contributed by atoms with van der Waals surface area (Å²) in [5.74, 6) is 0. The molecule has 0 aliphatic heterocycles. The lowest BCUT2D eigenvalue weighted by Gasteiger charge is -1.94. The monoisotopic (exact) mass is 228 g/mol. The van der Waals surface area contributed by atoms with Crippen LogP contribution in [0.3, 0.4) is 0 Å². The van der Waals surface area contributed by atoms with Gasteiger partial charge in [-0.2, -0.15) is 0 Å². The van der Waals surface area contributed by atoms with E-state index in [2.05, 4.69) is 9.96 Å². The molecule has 0 saturated heterocycles. The van der Waals surface area contributed by atoms with Crippen molar-refractivity contribution in [3.63, 3.8) is 0 Å². The summed E-state index contributed by atoms with van der Waals surface area (Å²) >= 11 is 5.43. The van der Waals surface area contributed by atoms with Crippen LogP contribution >= 0.6 is 11.6 Å². The van der Waals surface area contributed by atoms with Gasteiger partial charge < -0.3 is 17.3 Å². The second-order valence-corrected chi connectivity index (χ2v) is 2.32. The van der Waals surface area contributed by atoms with Crippen molar-refractivity contribution >= 4 is 24.5 Å². The third-order valence-electron chi connectivity index (χ3n) is 0.827. The zero-order valence-corrected chi connectivity index (χ0v) is 7.30. The van der Waals surface area contributed by atoms with E-state index in [1.54, 1.807) is 12.1 Å². The Morgan fingerprint density at radius 3 is 2.14 bits per heavy atom. The number of nitrogens with zero attached hydrogens (tertiary/aromatic N) is 3. The Morgan fingerprint density at radius 1 is 1.36 bits per heavy atom. The van der Waals surface area contributed by atoms with Gasteiger partial charge in [-0.1, -0.05) is 11.6 Å². The molecule has 3 nitrogen and oxygen atoms in total. The van der Waals surface area contributed by atoms with Crippen LogP contribution < -0.4 is 0 Å². The van der Waals surface area contributed by atoms with Crippen LogP contribution in [0.4, 0.5) is 23.0 Å². The van der Waals surface area contributed by atoms with E-state index in [1.807, 2.05) is 0 Å². The first-order chi connectivity index (χ1) is 6.33. The molecule has 0 amide bonds. The Hall–Kier alpha value is -1.36. The highest BCUT2D eigenvalue weighted by Crippen LogP contribution is 2.11. The van der Waals surface area contributed by atoms with Crippen molar-refractivity contribution in [2.45, 2.75) is 0 Å². The predicted octanol–water partition coefficient (Wildman–Crippen LogP) is 3.63. The van der Waals surface area contributed by atoms with Gasteiger partial charge >= 0.3 is 14.4 Å². The molecule has 1 heterocycles. The summed E-state index contributed by atoms with van der Waals surface area (Å²) in [4.78, 5) is 6.55. The van der Waals surface area contributed by atoms with Gasteiger partial charge in [0.2, 0.25) is 5.39 Å². The minimum absolute atomic E-state index is 0. The Morgan fingerprint density at radius 2 is 1.86 bits per heavy atom. The van der Waals surface area contributed by atoms with E-state index in [0.717, 1.165) is 0 Å². The molecule has 1 aromatic rings. The van der Waals surface area contributed by atoms with Crippen molar-refractivity contribution < 1.29 is 18.7 Å². The first kappa shape index (κ1) is 12.6. The molecule has 1 rings (SSSR count). The molecule has 9 heteroatoms. The van der Waals surface area contributed by atoms with E-state index in [4.69, 9.17) is 17.0 Å². The molecule has 0 fully saturated rings. The summed E-state index contributed by atoms with van der Waals surface area (Å²) in [6, 6.07) is 3.12. The van der Waals surface area contributed by atoms with E-state index >= 15 is 0 Å². The number of pyridine rings is 1. The van der Waals surface area contributed by atoms with Gasteiger partial charge in [-0.05, 0) is 6.07 Å². The quantitative estimate of drug-likeness (QED) is 0.294. The summed E-state index contributed by atoms with van der Waals surface area (Å²) in [6.07, 6.45) is 1.38. The number of halogens is 5. The van der Waals surface area contributed by atoms with Gasteiger partial charge in [-0.3, -0.25) is 0 Å². The van der Waals surface area contributed by atoms with Crippen molar-refractivity contribution in [3.8, 4) is 0 Å². The van der Waals surface area contributed by atoms with Gasteiger partial charge in [-0.15, -0.1) is 0 Å². The van der Waals surface area contributed by atoms with Gasteiger partial charge in [-0.25, -0.2) is 4.98 Å². The highest BCUT2D eigenvalue weighted by atomic mass is 35.5. The maximum atomic E-state index is 9.75. The summed E-state index contributed by atoms with van der Waals surface area (Å²) < 4.78 is 39.0. The minimum atomic E-state index is -6.00. The van der Waals surface area contributed by atoms with Crippen LogP contribution in [-0.2, 0) is 0 Å². The molecular formula is C5H4BClF4N3+. The van der Waals surface area contributed by atoms with Crippen LogP contribution in [0.5, 0.6) is 0 Å². The second kappa shape index (κ2) is 5.39. The fraction of sp³-hybridized carbons (Fsp3) is 0. The number of aromatic nitrogens is 1. The molecule has 0 aliphatic carbocycles. The standard InChI is InChI=1S/C5H3ClN3.BF4/c6-5-2-1-4(9-7)3-8-5;2-1(3,4)5/h1-3H;/q+1;-1/p+1. The third-order valence-corrected chi connectivity index (χ3v) is 1.05. The molecule has 0 atom stereocenters. The lowest BCUT2D eigenvalue weighted by atomic mass is 10.3. The van der Waals surface area contributed by atoms with Crippen LogP contribution in [-0.4, -0.2) is 12.2 Å². The molecule has 76 valence electrons. The summed E-state index contributed by atoms with van der Waals surface area (Å²) in [5.41, 5.74) is 0.402. The molecule has 0 saturated carbocycles. The van der Waals surface area contributed by atoms with Crippen LogP contribution in [0.25, 0.3) is 4.98 Å². The molecular weight excluding hydrogens is 224 g/mol. The molecule has 0 aromatic carbocycles. The van der Waals surface area contributed by atoms with E-state index in [1.165, 1.54) is 6.20 Å². The molecule has 1 aromatic heterocycles. The normalized spacial score (nSPS) is 9.71. The number of hydrogen-bond donors (Lipinski definition) is 0. The lowest BCUT2D eigenvalue weighted by molar-refractivity contribution is 0.368. The predicted molar refractivity (Wildman–Crippen MR) is 45.3 cm³/mol. The Kier molecular flexibility index (Phi) is 4.87. The number of hydrogen-bond acceptors (Lipinski definition) is 2. The molecule has 0 unspecified atom stereocenters. The zero-order chi connectivity index (χ0) is 11.2. The first-order valence-electron chi connectivity index (χ1n) is 3.17. The highest BCUT2D eigenvalue weighted by Gasteiger charge is 2.20. The van der Waals surface area contributed by atoms with Gasteiger partial charge in [0.1, 0.15) is 11.3 Å². The zero-order valence-electron chi connectivity index (χ0n) is 7.54. The highest BCUT2D eigenvalue weighted by molar-refractivity contribution is 6.50. The summed E-state index contributed by atoms with van der Waals surface area (Å²) in [7, 11) is -6.00. The third kappa shape index (κ3) is 8.74. The largest absolute Gasteiger partial charge is 1.00 e. The van der Waals surface area contributed by atoms with Gasteiger partial charge in [0.25, 0.3) is 0 Å². The van der Waals surface area contributed by atoms with Crippen molar-refractivity contribution in [1.29, 1.82) is 5.39 Å². The van der Waals surface area contributed by atoms with Gasteiger partial charge in [0.05, 0.1) is 0 Å². The fourth-order valence-corrected chi connectivity index (χ4v) is 0.539. The summed E-state index contributed by atoms with van der Waals surface area (Å²) in [5, 5.41) is 8.56. The van der Waals surface area contributed by atoms with Gasteiger partial charge in [0, 0.05) is 6.07 Å². The van der Waals surface area contributed by atoms with Crippen LogP contribution in [0, 0.1) is 5.39 Å². The SMILES string of the molecule is F[B-](F)(F)F.N#[N+]c1ccc(Cl)nc1.[H+]. The van der Waals surface area contributed by atoms with Crippen LogP contribution in [0.1, 0.15) is 1.43 Å². The molecule has 14 heavy (non-hydrogen) atoms. The van der Waals surface area contributed by atoms with E-state index < -0.39 is 7.25 Å². The molecule has 0 aliphatic rings. The van der Waals surface area contributed by atoms with Crippen LogP contribution in [0.15, 0.2) is 18.3 Å². The average molecular weight is 228 g/mol. The number of rotatable bonds is 0. The Bertz CT molecular complexity index is 319. The van der Waals surface area contributed by atoms with Crippen molar-refractivity contribution in [2.24, 2.45) is 0 Å². The molecule has 0 radical (unpaired) electrons. The molecule has 0 bridgehead atoms. The smallest absolute Gasteiger partial charge is 0.418 e. The fourth-order valence-electron chi connectivity index (χ4n) is 0.427. The van der Waals surface area contributed by atoms with Gasteiger partial charge in [0.15, 0.2) is 4.98 Å².